The molecule has 0 aliphatic carbocycles. The predicted octanol–water partition coefficient (Wildman–Crippen LogP) is 0.955. The van der Waals surface area contributed by atoms with Crippen LogP contribution in [0.15, 0.2) is 12.1 Å². The lowest BCUT2D eigenvalue weighted by Gasteiger charge is -2.26. The van der Waals surface area contributed by atoms with Crippen LogP contribution in [-0.4, -0.2) is 54.0 Å². The molecule has 7 nitrogen and oxygen atoms in total. The summed E-state index contributed by atoms with van der Waals surface area (Å²) in [6.45, 7) is 2.18. The number of rotatable bonds is 8. The van der Waals surface area contributed by atoms with E-state index < -0.39 is 5.41 Å². The van der Waals surface area contributed by atoms with Gasteiger partial charge in [0.05, 0.1) is 33.4 Å². The van der Waals surface area contributed by atoms with Crippen molar-refractivity contribution in [2.24, 2.45) is 5.41 Å². The van der Waals surface area contributed by atoms with Gasteiger partial charge in [0.25, 0.3) is 0 Å². The first-order valence-electron chi connectivity index (χ1n) is 7.87. The lowest BCUT2D eigenvalue weighted by molar-refractivity contribution is -0.133. The fourth-order valence-electron chi connectivity index (χ4n) is 3.00. The fourth-order valence-corrected chi connectivity index (χ4v) is 3.00. The summed E-state index contributed by atoms with van der Waals surface area (Å²) in [6.07, 6.45) is 0.760. The molecule has 1 heterocycles. The van der Waals surface area contributed by atoms with E-state index in [2.05, 4.69) is 10.6 Å². The van der Waals surface area contributed by atoms with Crippen LogP contribution < -0.4 is 24.8 Å². The zero-order chi connectivity index (χ0) is 17.6. The van der Waals surface area contributed by atoms with Crippen molar-refractivity contribution in [2.45, 2.75) is 13.0 Å². The molecule has 1 aromatic carbocycles. The first kappa shape index (κ1) is 18.4. The normalized spacial score (nSPS) is 19.8. The van der Waals surface area contributed by atoms with Crippen molar-refractivity contribution in [3.63, 3.8) is 0 Å². The SMILES string of the molecule is COCC1(C(=O)NCc2cc(OC)c(OC)cc2OC)CCNC1. The van der Waals surface area contributed by atoms with E-state index in [9.17, 15) is 4.79 Å². The van der Waals surface area contributed by atoms with Gasteiger partial charge in [-0.05, 0) is 19.0 Å². The van der Waals surface area contributed by atoms with Gasteiger partial charge in [0.15, 0.2) is 11.5 Å². The lowest BCUT2D eigenvalue weighted by Crippen LogP contribution is -2.45. The number of carbonyl (C=O) groups excluding carboxylic acids is 1. The summed E-state index contributed by atoms with van der Waals surface area (Å²) in [6, 6.07) is 3.57. The Morgan fingerprint density at radius 3 is 2.33 bits per heavy atom. The van der Waals surface area contributed by atoms with Gasteiger partial charge >= 0.3 is 0 Å². The summed E-state index contributed by atoms with van der Waals surface area (Å²) in [7, 11) is 6.34. The highest BCUT2D eigenvalue weighted by Gasteiger charge is 2.41. The van der Waals surface area contributed by atoms with E-state index in [1.165, 1.54) is 0 Å². The van der Waals surface area contributed by atoms with Crippen LogP contribution in [0.25, 0.3) is 0 Å². The van der Waals surface area contributed by atoms with Crippen LogP contribution in [0.1, 0.15) is 12.0 Å². The van der Waals surface area contributed by atoms with Gasteiger partial charge in [-0.15, -0.1) is 0 Å². The second kappa shape index (κ2) is 8.21. The molecule has 1 fully saturated rings. The van der Waals surface area contributed by atoms with Gasteiger partial charge in [0.2, 0.25) is 5.91 Å². The molecule has 134 valence electrons. The number of hydrogen-bond donors (Lipinski definition) is 2. The van der Waals surface area contributed by atoms with Crippen molar-refractivity contribution < 1.29 is 23.7 Å². The maximum Gasteiger partial charge on any atom is 0.230 e. The van der Waals surface area contributed by atoms with Crippen LogP contribution in [0.3, 0.4) is 0 Å². The highest BCUT2D eigenvalue weighted by Crippen LogP contribution is 2.35. The Hall–Kier alpha value is -1.99. The van der Waals surface area contributed by atoms with Gasteiger partial charge in [0, 0.05) is 31.8 Å². The van der Waals surface area contributed by atoms with Gasteiger partial charge < -0.3 is 29.6 Å². The number of methoxy groups -OCH3 is 4. The van der Waals surface area contributed by atoms with Crippen LogP contribution >= 0.6 is 0 Å². The molecule has 2 N–H and O–H groups in total. The first-order chi connectivity index (χ1) is 11.6. The van der Waals surface area contributed by atoms with Crippen LogP contribution in [0, 0.1) is 5.41 Å². The topological polar surface area (TPSA) is 78.1 Å². The van der Waals surface area contributed by atoms with Gasteiger partial charge in [-0.25, -0.2) is 0 Å². The van der Waals surface area contributed by atoms with E-state index in [4.69, 9.17) is 18.9 Å². The zero-order valence-corrected chi connectivity index (χ0v) is 14.7. The Kier molecular flexibility index (Phi) is 6.28. The summed E-state index contributed by atoms with van der Waals surface area (Å²) in [5.74, 6) is 1.79. The van der Waals surface area contributed by atoms with E-state index in [1.807, 2.05) is 6.07 Å². The minimum absolute atomic E-state index is 0.0220. The Morgan fingerprint density at radius 2 is 1.79 bits per heavy atom. The second-order valence-corrected chi connectivity index (χ2v) is 5.84. The van der Waals surface area contributed by atoms with Gasteiger partial charge in [-0.3, -0.25) is 4.79 Å². The van der Waals surface area contributed by atoms with E-state index >= 15 is 0 Å². The van der Waals surface area contributed by atoms with E-state index in [1.54, 1.807) is 34.5 Å². The molecule has 0 spiro atoms. The molecular weight excluding hydrogens is 312 g/mol. The number of ether oxygens (including phenoxy) is 4. The third-order valence-corrected chi connectivity index (χ3v) is 4.37. The van der Waals surface area contributed by atoms with E-state index in [0.29, 0.717) is 36.9 Å². The fraction of sp³-hybridized carbons (Fsp3) is 0.588. The van der Waals surface area contributed by atoms with Crippen molar-refractivity contribution in [1.82, 2.24) is 10.6 Å². The molecule has 0 radical (unpaired) electrons. The van der Waals surface area contributed by atoms with E-state index in [-0.39, 0.29) is 5.91 Å². The minimum atomic E-state index is -0.515. The molecular formula is C17H26N2O5. The monoisotopic (exact) mass is 338 g/mol. The van der Waals surface area contributed by atoms with Crippen LogP contribution in [-0.2, 0) is 16.1 Å². The number of hydrogen-bond acceptors (Lipinski definition) is 6. The molecule has 1 unspecified atom stereocenters. The van der Waals surface area contributed by atoms with Crippen LogP contribution in [0.2, 0.25) is 0 Å². The predicted molar refractivity (Wildman–Crippen MR) is 89.7 cm³/mol. The Morgan fingerprint density at radius 1 is 1.12 bits per heavy atom. The summed E-state index contributed by atoms with van der Waals surface area (Å²) in [4.78, 5) is 12.7. The highest BCUT2D eigenvalue weighted by molar-refractivity contribution is 5.83. The summed E-state index contributed by atoms with van der Waals surface area (Å²) >= 11 is 0. The standard InChI is InChI=1S/C17H26N2O5/c1-21-11-17(5-6-18-10-17)16(20)19-9-12-7-14(23-3)15(24-4)8-13(12)22-2/h7-8,18H,5-6,9-11H2,1-4H3,(H,19,20). The maximum absolute atomic E-state index is 12.7. The third-order valence-electron chi connectivity index (χ3n) is 4.37. The van der Waals surface area contributed by atoms with Crippen LogP contribution in [0.4, 0.5) is 0 Å². The van der Waals surface area contributed by atoms with Crippen molar-refractivity contribution in [1.29, 1.82) is 0 Å². The largest absolute Gasteiger partial charge is 0.496 e. The molecule has 0 aromatic heterocycles. The lowest BCUT2D eigenvalue weighted by atomic mass is 9.87. The Bertz CT molecular complexity index is 570. The summed E-state index contributed by atoms with van der Waals surface area (Å²) in [5, 5.41) is 6.23. The van der Waals surface area contributed by atoms with Gasteiger partial charge in [-0.1, -0.05) is 0 Å². The highest BCUT2D eigenvalue weighted by atomic mass is 16.5. The first-order valence-corrected chi connectivity index (χ1v) is 7.87. The third kappa shape index (κ3) is 3.73. The molecule has 1 atom stereocenters. The molecule has 1 amide bonds. The average molecular weight is 338 g/mol. The van der Waals surface area contributed by atoms with Crippen molar-refractivity contribution in [3.8, 4) is 17.2 Å². The van der Waals surface area contributed by atoms with Crippen molar-refractivity contribution >= 4 is 5.91 Å². The Labute approximate surface area is 142 Å². The second-order valence-electron chi connectivity index (χ2n) is 5.84. The maximum atomic E-state index is 12.7. The minimum Gasteiger partial charge on any atom is -0.496 e. The molecule has 1 aliphatic heterocycles. The summed E-state index contributed by atoms with van der Waals surface area (Å²) in [5.41, 5.74) is 0.306. The number of nitrogens with one attached hydrogen (secondary N) is 2. The van der Waals surface area contributed by atoms with E-state index in [0.717, 1.165) is 18.5 Å². The van der Waals surface area contributed by atoms with Crippen molar-refractivity contribution in [3.05, 3.63) is 17.7 Å². The zero-order valence-electron chi connectivity index (χ0n) is 14.7. The molecule has 0 saturated carbocycles. The molecule has 1 aliphatic rings. The molecule has 2 rings (SSSR count). The summed E-state index contributed by atoms with van der Waals surface area (Å²) < 4.78 is 21.2. The number of amides is 1. The smallest absolute Gasteiger partial charge is 0.230 e. The molecule has 1 saturated heterocycles. The molecule has 1 aromatic rings. The van der Waals surface area contributed by atoms with Gasteiger partial charge in [-0.2, -0.15) is 0 Å². The van der Waals surface area contributed by atoms with Crippen LogP contribution in [0.5, 0.6) is 17.2 Å². The Balaban J connectivity index is 2.14. The number of carbonyl (C=O) groups is 1. The van der Waals surface area contributed by atoms with Crippen molar-refractivity contribution in [2.75, 3.05) is 48.1 Å². The molecule has 0 bridgehead atoms. The van der Waals surface area contributed by atoms with Gasteiger partial charge in [0.1, 0.15) is 5.75 Å². The number of benzene rings is 1. The molecule has 7 heteroatoms. The molecule has 24 heavy (non-hydrogen) atoms. The quantitative estimate of drug-likeness (QED) is 0.735. The average Bonchev–Trinajstić information content (AvgIpc) is 3.08.